The molecule has 132 valence electrons. The molecular formula is C18H13Br2ClN4O. The second-order valence-electron chi connectivity index (χ2n) is 5.40. The van der Waals surface area contributed by atoms with E-state index >= 15 is 0 Å². The zero-order valence-corrected chi connectivity index (χ0v) is 17.3. The van der Waals surface area contributed by atoms with E-state index in [1.54, 1.807) is 23.0 Å². The molecule has 0 aliphatic heterocycles. The zero-order valence-electron chi connectivity index (χ0n) is 13.4. The molecule has 0 aliphatic carbocycles. The summed E-state index contributed by atoms with van der Waals surface area (Å²) >= 11 is 12.7. The maximum Gasteiger partial charge on any atom is 0.293 e. The van der Waals surface area contributed by atoms with Gasteiger partial charge >= 0.3 is 0 Å². The average molecular weight is 497 g/mol. The van der Waals surface area contributed by atoms with E-state index in [9.17, 15) is 4.79 Å². The smallest absolute Gasteiger partial charge is 0.266 e. The number of carbonyl (C=O) groups is 1. The summed E-state index contributed by atoms with van der Waals surface area (Å²) in [7, 11) is 0. The molecule has 0 radical (unpaired) electrons. The summed E-state index contributed by atoms with van der Waals surface area (Å²) in [4.78, 5) is 12.3. The first-order valence-electron chi connectivity index (χ1n) is 7.57. The highest BCUT2D eigenvalue weighted by Crippen LogP contribution is 2.17. The Morgan fingerprint density at radius 1 is 1.23 bits per heavy atom. The van der Waals surface area contributed by atoms with Crippen LogP contribution in [0.2, 0.25) is 5.02 Å². The molecule has 0 fully saturated rings. The van der Waals surface area contributed by atoms with Gasteiger partial charge in [0.2, 0.25) is 0 Å². The van der Waals surface area contributed by atoms with E-state index in [0.717, 1.165) is 15.6 Å². The molecule has 0 aliphatic rings. The molecule has 2 aromatic carbocycles. The Kier molecular flexibility index (Phi) is 6.24. The fourth-order valence-corrected chi connectivity index (χ4v) is 3.17. The van der Waals surface area contributed by atoms with Crippen LogP contribution in [0.3, 0.4) is 0 Å². The van der Waals surface area contributed by atoms with Crippen molar-refractivity contribution in [2.45, 2.75) is 6.54 Å². The van der Waals surface area contributed by atoms with Gasteiger partial charge in [-0.3, -0.25) is 9.48 Å². The predicted octanol–water partition coefficient (Wildman–Crippen LogP) is 4.87. The van der Waals surface area contributed by atoms with Crippen LogP contribution in [0.4, 0.5) is 0 Å². The summed E-state index contributed by atoms with van der Waals surface area (Å²) in [5.41, 5.74) is 4.60. The lowest BCUT2D eigenvalue weighted by Crippen LogP contribution is -2.19. The Morgan fingerprint density at radius 3 is 2.73 bits per heavy atom. The van der Waals surface area contributed by atoms with Crippen molar-refractivity contribution in [2.24, 2.45) is 5.10 Å². The third-order valence-electron chi connectivity index (χ3n) is 3.42. The van der Waals surface area contributed by atoms with E-state index in [-0.39, 0.29) is 5.69 Å². The van der Waals surface area contributed by atoms with Crippen LogP contribution < -0.4 is 5.43 Å². The first-order valence-corrected chi connectivity index (χ1v) is 9.54. The molecule has 26 heavy (non-hydrogen) atoms. The number of benzene rings is 2. The van der Waals surface area contributed by atoms with Crippen LogP contribution in [0.5, 0.6) is 0 Å². The highest BCUT2D eigenvalue weighted by Gasteiger charge is 2.14. The van der Waals surface area contributed by atoms with Crippen molar-refractivity contribution in [3.05, 3.63) is 85.5 Å². The minimum absolute atomic E-state index is 0.269. The highest BCUT2D eigenvalue weighted by atomic mass is 79.9. The normalized spacial score (nSPS) is 11.0. The molecule has 0 saturated carbocycles. The van der Waals surface area contributed by atoms with Gasteiger partial charge < -0.3 is 0 Å². The van der Waals surface area contributed by atoms with Crippen molar-refractivity contribution in [3.8, 4) is 0 Å². The summed E-state index contributed by atoms with van der Waals surface area (Å²) in [6, 6.07) is 15.1. The van der Waals surface area contributed by atoms with Crippen LogP contribution >= 0.6 is 43.5 Å². The minimum atomic E-state index is -0.398. The van der Waals surface area contributed by atoms with Crippen LogP contribution in [0.15, 0.2) is 68.8 Å². The molecule has 3 aromatic rings. The van der Waals surface area contributed by atoms with Gasteiger partial charge in [-0.1, -0.05) is 51.8 Å². The molecule has 1 N–H and O–H groups in total. The predicted molar refractivity (Wildman–Crippen MR) is 110 cm³/mol. The summed E-state index contributed by atoms with van der Waals surface area (Å²) in [6.45, 7) is 0.560. The molecule has 0 saturated heterocycles. The number of hydrazone groups is 1. The standard InChI is InChI=1S/C18H13Br2ClN4O/c19-14-6-4-12(5-7-14)10-25-11-16(20)17(24-25)18(26)23-22-9-13-2-1-3-15(21)8-13/h1-9,11H,10H2,(H,23,26)/b22-9+. The molecule has 0 spiro atoms. The number of hydrogen-bond acceptors (Lipinski definition) is 3. The Hall–Kier alpha value is -1.96. The van der Waals surface area contributed by atoms with Crippen molar-refractivity contribution in [3.63, 3.8) is 0 Å². The van der Waals surface area contributed by atoms with Gasteiger partial charge in [0.05, 0.1) is 17.2 Å². The molecule has 0 bridgehead atoms. The third kappa shape index (κ3) is 5.03. The maximum absolute atomic E-state index is 12.3. The van der Waals surface area contributed by atoms with Gasteiger partial charge in [0, 0.05) is 15.7 Å². The molecule has 5 nitrogen and oxygen atoms in total. The molecule has 1 heterocycles. The van der Waals surface area contributed by atoms with Crippen LogP contribution in [0.1, 0.15) is 21.6 Å². The second kappa shape index (κ2) is 8.62. The van der Waals surface area contributed by atoms with Crippen molar-refractivity contribution >= 4 is 55.6 Å². The van der Waals surface area contributed by atoms with Gasteiger partial charge in [-0.05, 0) is 51.3 Å². The van der Waals surface area contributed by atoms with E-state index in [4.69, 9.17) is 11.6 Å². The Balaban J connectivity index is 1.66. The number of hydrogen-bond donors (Lipinski definition) is 1. The minimum Gasteiger partial charge on any atom is -0.266 e. The third-order valence-corrected chi connectivity index (χ3v) is 4.76. The number of amides is 1. The van der Waals surface area contributed by atoms with Crippen LogP contribution in [0, 0.1) is 0 Å². The molecule has 1 aromatic heterocycles. The van der Waals surface area contributed by atoms with Gasteiger partial charge in [0.1, 0.15) is 0 Å². The number of aromatic nitrogens is 2. The van der Waals surface area contributed by atoms with Gasteiger partial charge in [0.25, 0.3) is 5.91 Å². The van der Waals surface area contributed by atoms with Crippen molar-refractivity contribution in [1.29, 1.82) is 0 Å². The van der Waals surface area contributed by atoms with Crippen LogP contribution in [0.25, 0.3) is 0 Å². The van der Waals surface area contributed by atoms with Gasteiger partial charge in [-0.15, -0.1) is 0 Å². The number of nitrogens with zero attached hydrogens (tertiary/aromatic N) is 3. The number of nitrogens with one attached hydrogen (secondary N) is 1. The number of carbonyl (C=O) groups excluding carboxylic acids is 1. The lowest BCUT2D eigenvalue weighted by Gasteiger charge is -2.02. The van der Waals surface area contributed by atoms with Crippen molar-refractivity contribution < 1.29 is 4.79 Å². The van der Waals surface area contributed by atoms with Crippen LogP contribution in [-0.2, 0) is 6.54 Å². The van der Waals surface area contributed by atoms with Crippen LogP contribution in [-0.4, -0.2) is 21.9 Å². The Labute approximate surface area is 172 Å². The fraction of sp³-hybridized carbons (Fsp3) is 0.0556. The molecular weight excluding hydrogens is 483 g/mol. The lowest BCUT2D eigenvalue weighted by atomic mass is 10.2. The average Bonchev–Trinajstić information content (AvgIpc) is 2.97. The zero-order chi connectivity index (χ0) is 18.5. The molecule has 1 amide bonds. The maximum atomic E-state index is 12.3. The molecule has 0 unspecified atom stereocenters. The van der Waals surface area contributed by atoms with Gasteiger partial charge in [-0.25, -0.2) is 5.43 Å². The first kappa shape index (κ1) is 18.8. The Bertz CT molecular complexity index is 954. The molecule has 3 rings (SSSR count). The van der Waals surface area contributed by atoms with E-state index in [0.29, 0.717) is 16.0 Å². The molecule has 8 heteroatoms. The van der Waals surface area contributed by atoms with E-state index in [2.05, 4.69) is 47.5 Å². The van der Waals surface area contributed by atoms with E-state index < -0.39 is 5.91 Å². The van der Waals surface area contributed by atoms with Gasteiger partial charge in [-0.2, -0.15) is 10.2 Å². The SMILES string of the molecule is O=C(N/N=C/c1cccc(Cl)c1)c1nn(Cc2ccc(Br)cc2)cc1Br. The topological polar surface area (TPSA) is 59.3 Å². The quantitative estimate of drug-likeness (QED) is 0.405. The number of rotatable bonds is 5. The molecule has 0 atom stereocenters. The second-order valence-corrected chi connectivity index (χ2v) is 7.61. The largest absolute Gasteiger partial charge is 0.293 e. The van der Waals surface area contributed by atoms with E-state index in [1.165, 1.54) is 6.21 Å². The lowest BCUT2D eigenvalue weighted by molar-refractivity contribution is 0.0948. The monoisotopic (exact) mass is 494 g/mol. The number of halogens is 3. The van der Waals surface area contributed by atoms with Crippen molar-refractivity contribution in [1.82, 2.24) is 15.2 Å². The summed E-state index contributed by atoms with van der Waals surface area (Å²) in [5, 5.41) is 8.87. The fourth-order valence-electron chi connectivity index (χ4n) is 2.21. The van der Waals surface area contributed by atoms with Gasteiger partial charge in [0.15, 0.2) is 5.69 Å². The van der Waals surface area contributed by atoms with Crippen molar-refractivity contribution in [2.75, 3.05) is 0 Å². The summed E-state index contributed by atoms with van der Waals surface area (Å²) < 4.78 is 3.31. The Morgan fingerprint density at radius 2 is 2.00 bits per heavy atom. The summed E-state index contributed by atoms with van der Waals surface area (Å²) in [5.74, 6) is -0.398. The first-order chi connectivity index (χ1) is 12.5. The summed E-state index contributed by atoms with van der Waals surface area (Å²) in [6.07, 6.45) is 3.29. The van der Waals surface area contributed by atoms with E-state index in [1.807, 2.05) is 36.4 Å². The highest BCUT2D eigenvalue weighted by molar-refractivity contribution is 9.10.